The maximum absolute atomic E-state index is 13.2. The van der Waals surface area contributed by atoms with Gasteiger partial charge in [0.2, 0.25) is 5.91 Å². The molecular formula is C19H13BrN4O5. The van der Waals surface area contributed by atoms with E-state index >= 15 is 0 Å². The molecule has 2 atom stereocenters. The highest BCUT2D eigenvalue weighted by atomic mass is 79.9. The lowest BCUT2D eigenvalue weighted by molar-refractivity contribution is -0.384. The fourth-order valence-electron chi connectivity index (χ4n) is 3.56. The summed E-state index contributed by atoms with van der Waals surface area (Å²) in [5, 5.41) is 16.7. The minimum absolute atomic E-state index is 0.0440. The number of benzene rings is 2. The van der Waals surface area contributed by atoms with Crippen molar-refractivity contribution in [3.63, 3.8) is 0 Å². The molecular weight excluding hydrogens is 444 g/mol. The number of fused-ring (bicyclic) bond motifs is 1. The van der Waals surface area contributed by atoms with E-state index in [1.807, 2.05) is 0 Å². The van der Waals surface area contributed by atoms with Crippen molar-refractivity contribution in [2.75, 3.05) is 9.91 Å². The van der Waals surface area contributed by atoms with Crippen LogP contribution >= 0.6 is 15.9 Å². The zero-order chi connectivity index (χ0) is 20.9. The normalized spacial score (nSPS) is 20.7. The summed E-state index contributed by atoms with van der Waals surface area (Å²) >= 11 is 3.30. The van der Waals surface area contributed by atoms with Gasteiger partial charge in [-0.15, -0.1) is 0 Å². The highest BCUT2D eigenvalue weighted by molar-refractivity contribution is 9.10. The van der Waals surface area contributed by atoms with Gasteiger partial charge in [-0.25, -0.2) is 9.91 Å². The molecule has 0 aromatic heterocycles. The van der Waals surface area contributed by atoms with Crippen LogP contribution in [0.5, 0.6) is 0 Å². The van der Waals surface area contributed by atoms with Crippen molar-refractivity contribution in [2.24, 2.45) is 11.0 Å². The van der Waals surface area contributed by atoms with E-state index in [2.05, 4.69) is 21.0 Å². The third-order valence-electron chi connectivity index (χ3n) is 4.82. The molecule has 1 fully saturated rings. The van der Waals surface area contributed by atoms with Crippen LogP contribution in [0.25, 0.3) is 0 Å². The van der Waals surface area contributed by atoms with E-state index in [0.29, 0.717) is 5.69 Å². The summed E-state index contributed by atoms with van der Waals surface area (Å²) in [6.45, 7) is 1.25. The molecule has 0 N–H and O–H groups in total. The predicted molar refractivity (Wildman–Crippen MR) is 108 cm³/mol. The molecule has 2 amide bonds. The van der Waals surface area contributed by atoms with E-state index in [1.54, 1.807) is 30.3 Å². The van der Waals surface area contributed by atoms with Crippen LogP contribution in [0.1, 0.15) is 6.92 Å². The molecule has 1 saturated heterocycles. The number of nitrogens with zero attached hydrogens (tertiary/aromatic N) is 4. The Hall–Kier alpha value is -3.40. The molecule has 0 unspecified atom stereocenters. The quantitative estimate of drug-likeness (QED) is 0.396. The lowest BCUT2D eigenvalue weighted by atomic mass is 9.95. The number of halogens is 1. The van der Waals surface area contributed by atoms with Crippen molar-refractivity contribution >= 4 is 56.3 Å². The SMILES string of the molecule is CC(=O)C1=NN(c2ccccc2[N+](=O)[O-])[C@H]2C(=O)N(c3ccc(Br)cc3)C(=O)[C@H]12. The highest BCUT2D eigenvalue weighted by Crippen LogP contribution is 2.40. The smallest absolute Gasteiger partial charge is 0.293 e. The fourth-order valence-corrected chi connectivity index (χ4v) is 3.82. The van der Waals surface area contributed by atoms with E-state index < -0.39 is 34.5 Å². The summed E-state index contributed by atoms with van der Waals surface area (Å²) < 4.78 is 0.771. The number of para-hydroxylation sites is 2. The molecule has 0 bridgehead atoms. The molecule has 0 spiro atoms. The number of hydrazone groups is 1. The molecule has 2 heterocycles. The number of nitro groups is 1. The van der Waals surface area contributed by atoms with Crippen LogP contribution in [0.3, 0.4) is 0 Å². The lowest BCUT2D eigenvalue weighted by Crippen LogP contribution is -2.39. The van der Waals surface area contributed by atoms with Crippen LogP contribution in [0.4, 0.5) is 17.1 Å². The van der Waals surface area contributed by atoms with E-state index in [0.717, 1.165) is 14.4 Å². The van der Waals surface area contributed by atoms with Crippen LogP contribution in [-0.2, 0) is 14.4 Å². The van der Waals surface area contributed by atoms with Crippen LogP contribution < -0.4 is 9.91 Å². The Balaban J connectivity index is 1.84. The van der Waals surface area contributed by atoms with E-state index in [4.69, 9.17) is 0 Å². The number of carbonyl (C=O) groups is 3. The number of anilines is 2. The molecule has 2 aliphatic rings. The number of imide groups is 1. The zero-order valence-corrected chi connectivity index (χ0v) is 16.6. The number of ketones is 1. The Morgan fingerprint density at radius 1 is 1.10 bits per heavy atom. The Morgan fingerprint density at radius 3 is 2.38 bits per heavy atom. The molecule has 10 heteroatoms. The predicted octanol–water partition coefficient (Wildman–Crippen LogP) is 2.68. The third-order valence-corrected chi connectivity index (χ3v) is 5.35. The summed E-state index contributed by atoms with van der Waals surface area (Å²) in [4.78, 5) is 50.3. The van der Waals surface area contributed by atoms with Crippen LogP contribution in [0, 0.1) is 16.0 Å². The van der Waals surface area contributed by atoms with Gasteiger partial charge in [-0.05, 0) is 30.3 Å². The molecule has 2 aliphatic heterocycles. The summed E-state index contributed by atoms with van der Waals surface area (Å²) in [7, 11) is 0. The largest absolute Gasteiger partial charge is 0.294 e. The van der Waals surface area contributed by atoms with Crippen molar-refractivity contribution in [1.82, 2.24) is 0 Å². The number of carbonyl (C=O) groups excluding carboxylic acids is 3. The van der Waals surface area contributed by atoms with Gasteiger partial charge in [0, 0.05) is 17.5 Å². The molecule has 29 heavy (non-hydrogen) atoms. The number of hydrogen-bond acceptors (Lipinski definition) is 7. The first-order chi connectivity index (χ1) is 13.8. The minimum atomic E-state index is -1.16. The lowest BCUT2D eigenvalue weighted by Gasteiger charge is -2.21. The van der Waals surface area contributed by atoms with Gasteiger partial charge in [-0.2, -0.15) is 5.10 Å². The zero-order valence-electron chi connectivity index (χ0n) is 15.0. The number of hydrogen-bond donors (Lipinski definition) is 0. The highest BCUT2D eigenvalue weighted by Gasteiger charge is 2.58. The third kappa shape index (κ3) is 2.92. The summed E-state index contributed by atoms with van der Waals surface area (Å²) in [6, 6.07) is 11.2. The van der Waals surface area contributed by atoms with Crippen LogP contribution in [-0.4, -0.2) is 34.3 Å². The molecule has 0 aliphatic carbocycles. The van der Waals surface area contributed by atoms with Crippen molar-refractivity contribution < 1.29 is 19.3 Å². The van der Waals surface area contributed by atoms with Crippen LogP contribution in [0.2, 0.25) is 0 Å². The first kappa shape index (κ1) is 18.9. The molecule has 0 saturated carbocycles. The van der Waals surface area contributed by atoms with Gasteiger partial charge in [0.25, 0.3) is 11.6 Å². The van der Waals surface area contributed by atoms with Crippen molar-refractivity contribution in [1.29, 1.82) is 0 Å². The van der Waals surface area contributed by atoms with Gasteiger partial charge in [-0.3, -0.25) is 24.5 Å². The number of rotatable bonds is 4. The first-order valence-corrected chi connectivity index (χ1v) is 9.36. The van der Waals surface area contributed by atoms with Gasteiger partial charge in [0.1, 0.15) is 23.4 Å². The summed E-state index contributed by atoms with van der Waals surface area (Å²) in [5.74, 6) is -2.78. The average Bonchev–Trinajstić information content (AvgIpc) is 3.20. The van der Waals surface area contributed by atoms with Crippen LogP contribution in [0.15, 0.2) is 58.1 Å². The second-order valence-electron chi connectivity index (χ2n) is 6.54. The van der Waals surface area contributed by atoms with Gasteiger partial charge in [0.05, 0.1) is 10.6 Å². The molecule has 4 rings (SSSR count). The van der Waals surface area contributed by atoms with Crippen molar-refractivity contribution in [3.05, 3.63) is 63.1 Å². The van der Waals surface area contributed by atoms with Gasteiger partial charge in [-0.1, -0.05) is 28.1 Å². The maximum Gasteiger partial charge on any atom is 0.294 e. The molecule has 2 aromatic rings. The monoisotopic (exact) mass is 456 g/mol. The second kappa shape index (κ2) is 6.89. The summed E-state index contributed by atoms with van der Waals surface area (Å²) in [6.07, 6.45) is 0. The second-order valence-corrected chi connectivity index (χ2v) is 7.46. The topological polar surface area (TPSA) is 113 Å². The Labute approximate surface area is 172 Å². The average molecular weight is 457 g/mol. The Kier molecular flexibility index (Phi) is 4.50. The van der Waals surface area contributed by atoms with Crippen molar-refractivity contribution in [3.8, 4) is 0 Å². The number of Topliss-reactive ketones (excluding diaryl/α,β-unsaturated/α-hetero) is 1. The van der Waals surface area contributed by atoms with Crippen molar-refractivity contribution in [2.45, 2.75) is 13.0 Å². The first-order valence-electron chi connectivity index (χ1n) is 8.56. The maximum atomic E-state index is 13.2. The van der Waals surface area contributed by atoms with E-state index in [9.17, 15) is 24.5 Å². The number of amides is 2. The summed E-state index contributed by atoms with van der Waals surface area (Å²) in [5.41, 5.74) is 0.0267. The molecule has 9 nitrogen and oxygen atoms in total. The Morgan fingerprint density at radius 2 is 1.76 bits per heavy atom. The standard InChI is InChI=1S/C19H13BrN4O5/c1-10(25)16-15-17(23(21-16)13-4-2-3-5-14(13)24(28)29)19(27)22(18(15)26)12-8-6-11(20)7-9-12/h2-9,15,17H,1H3/t15-,17-/m1/s1. The fraction of sp³-hybridized carbons (Fsp3) is 0.158. The van der Waals surface area contributed by atoms with Gasteiger partial charge in [0.15, 0.2) is 5.78 Å². The van der Waals surface area contributed by atoms with Gasteiger partial charge >= 0.3 is 0 Å². The molecule has 2 aromatic carbocycles. The minimum Gasteiger partial charge on any atom is -0.293 e. The van der Waals surface area contributed by atoms with Gasteiger partial charge < -0.3 is 0 Å². The van der Waals surface area contributed by atoms with E-state index in [1.165, 1.54) is 25.1 Å². The number of nitro benzene ring substituents is 1. The molecule has 146 valence electrons. The Bertz CT molecular complexity index is 1100. The molecule has 0 radical (unpaired) electrons. The van der Waals surface area contributed by atoms with E-state index in [-0.39, 0.29) is 17.1 Å².